The fourth-order valence-corrected chi connectivity index (χ4v) is 0.981. The molecule has 0 bridgehead atoms. The summed E-state index contributed by atoms with van der Waals surface area (Å²) in [6.07, 6.45) is 0.943. The van der Waals surface area contributed by atoms with Crippen LogP contribution in [0, 0.1) is 0 Å². The molecule has 0 heterocycles. The number of rotatable bonds is 2. The second-order valence-electron chi connectivity index (χ2n) is 3.46. The SMILES string of the molecule is [B]c1ccc(C(C)(C)C=O)cc1. The smallest absolute Gasteiger partial charge is 0.129 e. The molecule has 2 radical (unpaired) electrons. The van der Waals surface area contributed by atoms with Crippen LogP contribution in [0.4, 0.5) is 0 Å². The van der Waals surface area contributed by atoms with Crippen molar-refractivity contribution in [3.8, 4) is 0 Å². The van der Waals surface area contributed by atoms with E-state index >= 15 is 0 Å². The molecule has 0 fully saturated rings. The zero-order valence-electron chi connectivity index (χ0n) is 7.37. The molecule has 1 aromatic carbocycles. The van der Waals surface area contributed by atoms with Gasteiger partial charge in [-0.15, -0.1) is 0 Å². The Kier molecular flexibility index (Phi) is 2.36. The van der Waals surface area contributed by atoms with Gasteiger partial charge >= 0.3 is 0 Å². The monoisotopic (exact) mass is 158 g/mol. The normalized spacial score (nSPS) is 11.2. The molecule has 0 saturated carbocycles. The standard InChI is InChI=1S/C10H11BO/c1-10(2,7-12)8-3-5-9(11)6-4-8/h3-7H,1-2H3. The molecule has 0 aliphatic rings. The predicted molar refractivity (Wildman–Crippen MR) is 50.9 cm³/mol. The van der Waals surface area contributed by atoms with Crippen molar-refractivity contribution in [3.05, 3.63) is 29.8 Å². The summed E-state index contributed by atoms with van der Waals surface area (Å²) in [7, 11) is 5.52. The molecule has 1 aromatic rings. The number of carbonyl (C=O) groups excluding carboxylic acids is 1. The lowest BCUT2D eigenvalue weighted by Gasteiger charge is -2.17. The summed E-state index contributed by atoms with van der Waals surface area (Å²) in [5, 5.41) is 0. The van der Waals surface area contributed by atoms with E-state index < -0.39 is 5.41 Å². The highest BCUT2D eigenvalue weighted by molar-refractivity contribution is 6.32. The molecule has 1 nitrogen and oxygen atoms in total. The van der Waals surface area contributed by atoms with Crippen molar-refractivity contribution in [2.75, 3.05) is 0 Å². The summed E-state index contributed by atoms with van der Waals surface area (Å²) in [4.78, 5) is 10.7. The van der Waals surface area contributed by atoms with E-state index in [1.807, 2.05) is 26.0 Å². The number of carbonyl (C=O) groups is 1. The van der Waals surface area contributed by atoms with Crippen molar-refractivity contribution in [1.29, 1.82) is 0 Å². The van der Waals surface area contributed by atoms with Gasteiger partial charge in [-0.2, -0.15) is 0 Å². The van der Waals surface area contributed by atoms with Crippen LogP contribution in [0.5, 0.6) is 0 Å². The van der Waals surface area contributed by atoms with E-state index in [0.717, 1.165) is 17.3 Å². The highest BCUT2D eigenvalue weighted by Gasteiger charge is 2.18. The van der Waals surface area contributed by atoms with E-state index in [4.69, 9.17) is 7.85 Å². The van der Waals surface area contributed by atoms with Crippen molar-refractivity contribution in [3.63, 3.8) is 0 Å². The van der Waals surface area contributed by atoms with Gasteiger partial charge in [0.2, 0.25) is 0 Å². The molecule has 12 heavy (non-hydrogen) atoms. The average molecular weight is 158 g/mol. The zero-order valence-corrected chi connectivity index (χ0v) is 7.37. The molecule has 0 N–H and O–H groups in total. The maximum absolute atomic E-state index is 10.7. The Hall–Kier alpha value is -1.05. The number of benzene rings is 1. The van der Waals surface area contributed by atoms with Crippen LogP contribution in [0.3, 0.4) is 0 Å². The van der Waals surface area contributed by atoms with Crippen LogP contribution in [-0.4, -0.2) is 14.1 Å². The van der Waals surface area contributed by atoms with Crippen LogP contribution >= 0.6 is 0 Å². The van der Waals surface area contributed by atoms with Crippen LogP contribution in [0.25, 0.3) is 0 Å². The van der Waals surface area contributed by atoms with Gasteiger partial charge in [0.1, 0.15) is 14.1 Å². The summed E-state index contributed by atoms with van der Waals surface area (Å²) >= 11 is 0. The van der Waals surface area contributed by atoms with Gasteiger partial charge in [0, 0.05) is 5.41 Å². The summed E-state index contributed by atoms with van der Waals surface area (Å²) in [6.45, 7) is 3.76. The zero-order chi connectivity index (χ0) is 9.19. The van der Waals surface area contributed by atoms with Crippen LogP contribution < -0.4 is 5.46 Å². The topological polar surface area (TPSA) is 17.1 Å². The molecule has 0 spiro atoms. The Balaban J connectivity index is 3.04. The fraction of sp³-hybridized carbons (Fsp3) is 0.300. The molecule has 0 saturated heterocycles. The third-order valence-corrected chi connectivity index (χ3v) is 1.95. The van der Waals surface area contributed by atoms with Gasteiger partial charge in [-0.3, -0.25) is 0 Å². The third kappa shape index (κ3) is 1.76. The third-order valence-electron chi connectivity index (χ3n) is 1.95. The molecular weight excluding hydrogens is 147 g/mol. The van der Waals surface area contributed by atoms with Crippen molar-refractivity contribution >= 4 is 19.6 Å². The van der Waals surface area contributed by atoms with E-state index in [0.29, 0.717) is 0 Å². The van der Waals surface area contributed by atoms with Crippen LogP contribution in [0.1, 0.15) is 19.4 Å². The van der Waals surface area contributed by atoms with E-state index in [1.165, 1.54) is 0 Å². The van der Waals surface area contributed by atoms with Gasteiger partial charge in [-0.25, -0.2) is 0 Å². The fourth-order valence-electron chi connectivity index (χ4n) is 0.981. The second kappa shape index (κ2) is 3.14. The van der Waals surface area contributed by atoms with E-state index in [-0.39, 0.29) is 0 Å². The maximum atomic E-state index is 10.7. The minimum atomic E-state index is -0.409. The van der Waals surface area contributed by atoms with Gasteiger partial charge < -0.3 is 4.79 Å². The number of aldehydes is 1. The summed E-state index contributed by atoms with van der Waals surface area (Å²) < 4.78 is 0. The number of hydrogen-bond donors (Lipinski definition) is 0. The average Bonchev–Trinajstić information content (AvgIpc) is 2.05. The Morgan fingerprint density at radius 2 is 1.75 bits per heavy atom. The molecule has 1 rings (SSSR count). The van der Waals surface area contributed by atoms with E-state index in [1.54, 1.807) is 12.1 Å². The summed E-state index contributed by atoms with van der Waals surface area (Å²) in [5.41, 5.74) is 1.31. The van der Waals surface area contributed by atoms with Crippen LogP contribution in [0.15, 0.2) is 24.3 Å². The Bertz CT molecular complexity index is 274. The Morgan fingerprint density at radius 1 is 1.25 bits per heavy atom. The first-order chi connectivity index (χ1) is 5.56. The maximum Gasteiger partial charge on any atom is 0.129 e. The molecule has 2 heteroatoms. The van der Waals surface area contributed by atoms with Crippen molar-refractivity contribution in [2.24, 2.45) is 0 Å². The molecule has 0 atom stereocenters. The van der Waals surface area contributed by atoms with Crippen molar-refractivity contribution < 1.29 is 4.79 Å². The summed E-state index contributed by atoms with van der Waals surface area (Å²) in [5.74, 6) is 0. The predicted octanol–water partition coefficient (Wildman–Crippen LogP) is 0.957. The Labute approximate surface area is 74.2 Å². The van der Waals surface area contributed by atoms with Crippen LogP contribution in [0.2, 0.25) is 0 Å². The van der Waals surface area contributed by atoms with E-state index in [2.05, 4.69) is 0 Å². The van der Waals surface area contributed by atoms with Crippen LogP contribution in [-0.2, 0) is 10.2 Å². The molecule has 0 aliphatic carbocycles. The Morgan fingerprint density at radius 3 is 2.17 bits per heavy atom. The van der Waals surface area contributed by atoms with Gasteiger partial charge in [0.05, 0.1) is 0 Å². The summed E-state index contributed by atoms with van der Waals surface area (Å²) in [6, 6.07) is 7.37. The first-order valence-electron chi connectivity index (χ1n) is 3.88. The van der Waals surface area contributed by atoms with Gasteiger partial charge in [-0.05, 0) is 19.4 Å². The largest absolute Gasteiger partial charge is 0.302 e. The number of hydrogen-bond acceptors (Lipinski definition) is 1. The van der Waals surface area contributed by atoms with E-state index in [9.17, 15) is 4.79 Å². The van der Waals surface area contributed by atoms with Gasteiger partial charge in [0.25, 0.3) is 0 Å². The molecule has 0 aliphatic heterocycles. The lowest BCUT2D eigenvalue weighted by Crippen LogP contribution is -2.19. The van der Waals surface area contributed by atoms with Crippen molar-refractivity contribution in [1.82, 2.24) is 0 Å². The molecular formula is C10H11BO. The molecule has 0 amide bonds. The highest BCUT2D eigenvalue weighted by atomic mass is 16.1. The second-order valence-corrected chi connectivity index (χ2v) is 3.46. The quantitative estimate of drug-likeness (QED) is 0.462. The first-order valence-corrected chi connectivity index (χ1v) is 3.88. The lowest BCUT2D eigenvalue weighted by molar-refractivity contribution is -0.111. The van der Waals surface area contributed by atoms with Gasteiger partial charge in [0.15, 0.2) is 0 Å². The minimum absolute atomic E-state index is 0.409. The van der Waals surface area contributed by atoms with Crippen molar-refractivity contribution in [2.45, 2.75) is 19.3 Å². The highest BCUT2D eigenvalue weighted by Crippen LogP contribution is 2.18. The van der Waals surface area contributed by atoms with Gasteiger partial charge in [-0.1, -0.05) is 29.7 Å². The molecule has 0 aromatic heterocycles. The first kappa shape index (κ1) is 9.05. The molecule has 60 valence electrons. The minimum Gasteiger partial charge on any atom is -0.302 e. The molecule has 0 unspecified atom stereocenters. The lowest BCUT2D eigenvalue weighted by atomic mass is 9.84.